The normalized spacial score (nSPS) is 13.9. The van der Waals surface area contributed by atoms with E-state index in [1.54, 1.807) is 41.3 Å². The fraction of sp³-hybridized carbons (Fsp3) is 0.222. The van der Waals surface area contributed by atoms with Crippen molar-refractivity contribution in [2.24, 2.45) is 5.92 Å². The monoisotopic (exact) mass is 518 g/mol. The lowest BCUT2D eigenvalue weighted by atomic mass is 9.99. The van der Waals surface area contributed by atoms with Crippen LogP contribution in [0, 0.1) is 17.2 Å². The van der Waals surface area contributed by atoms with E-state index in [9.17, 15) is 18.0 Å². The number of piperidine rings is 1. The number of amides is 2. The van der Waals surface area contributed by atoms with Gasteiger partial charge in [0.1, 0.15) is 5.75 Å². The fourth-order valence-electron chi connectivity index (χ4n) is 3.87. The average molecular weight is 519 g/mol. The Labute approximate surface area is 215 Å². The number of anilines is 1. The van der Waals surface area contributed by atoms with E-state index >= 15 is 0 Å². The molecule has 1 saturated heterocycles. The highest BCUT2D eigenvalue weighted by Crippen LogP contribution is 2.31. The zero-order valence-electron chi connectivity index (χ0n) is 20.0. The molecule has 1 aliphatic heterocycles. The van der Waals surface area contributed by atoms with Crippen molar-refractivity contribution in [2.75, 3.05) is 24.4 Å². The molecule has 1 aliphatic rings. The van der Waals surface area contributed by atoms with Gasteiger partial charge in [0.2, 0.25) is 5.91 Å². The van der Waals surface area contributed by atoms with Gasteiger partial charge in [-0.3, -0.25) is 14.3 Å². The minimum atomic E-state index is -3.96. The van der Waals surface area contributed by atoms with Gasteiger partial charge < -0.3 is 15.0 Å². The number of para-hydroxylation sites is 3. The minimum absolute atomic E-state index is 0.0324. The van der Waals surface area contributed by atoms with E-state index in [0.29, 0.717) is 37.4 Å². The molecular weight excluding hydrogens is 492 g/mol. The van der Waals surface area contributed by atoms with E-state index in [2.05, 4.69) is 16.1 Å². The fourth-order valence-corrected chi connectivity index (χ4v) is 4.94. The predicted molar refractivity (Wildman–Crippen MR) is 137 cm³/mol. The van der Waals surface area contributed by atoms with Crippen molar-refractivity contribution in [3.63, 3.8) is 0 Å². The van der Waals surface area contributed by atoms with Crippen molar-refractivity contribution in [2.45, 2.75) is 17.7 Å². The van der Waals surface area contributed by atoms with Gasteiger partial charge in [-0.25, -0.2) is 8.42 Å². The molecule has 0 unspecified atom stereocenters. The largest absolute Gasteiger partial charge is 0.455 e. The second kappa shape index (κ2) is 11.6. The van der Waals surface area contributed by atoms with E-state index in [1.807, 2.05) is 18.2 Å². The molecule has 0 spiro atoms. The molecule has 0 saturated carbocycles. The lowest BCUT2D eigenvalue weighted by molar-refractivity contribution is -0.131. The topological polar surface area (TPSA) is 129 Å². The third kappa shape index (κ3) is 6.65. The van der Waals surface area contributed by atoms with Gasteiger partial charge in [-0.2, -0.15) is 5.26 Å². The van der Waals surface area contributed by atoms with Gasteiger partial charge >= 0.3 is 0 Å². The number of likely N-dealkylation sites (tertiary alicyclic amines) is 1. The first-order valence-electron chi connectivity index (χ1n) is 11.8. The summed E-state index contributed by atoms with van der Waals surface area (Å²) < 4.78 is 34.3. The van der Waals surface area contributed by atoms with Gasteiger partial charge in [0, 0.05) is 24.6 Å². The van der Waals surface area contributed by atoms with Crippen molar-refractivity contribution in [3.8, 4) is 17.6 Å². The summed E-state index contributed by atoms with van der Waals surface area (Å²) in [7, 11) is -3.96. The lowest BCUT2D eigenvalue weighted by Gasteiger charge is -2.29. The van der Waals surface area contributed by atoms with Crippen LogP contribution in [0.3, 0.4) is 0 Å². The molecule has 2 amide bonds. The van der Waals surface area contributed by atoms with Crippen LogP contribution in [0.4, 0.5) is 5.69 Å². The summed E-state index contributed by atoms with van der Waals surface area (Å²) >= 11 is 0. The van der Waals surface area contributed by atoms with Crippen molar-refractivity contribution >= 4 is 27.5 Å². The van der Waals surface area contributed by atoms with E-state index in [-0.39, 0.29) is 34.5 Å². The van der Waals surface area contributed by atoms with E-state index in [4.69, 9.17) is 10.00 Å². The van der Waals surface area contributed by atoms with E-state index < -0.39 is 15.9 Å². The maximum absolute atomic E-state index is 13.0. The van der Waals surface area contributed by atoms with Gasteiger partial charge in [-0.1, -0.05) is 30.3 Å². The number of nitriles is 1. The maximum atomic E-state index is 13.0. The molecule has 0 aliphatic carbocycles. The van der Waals surface area contributed by atoms with Crippen LogP contribution in [0.2, 0.25) is 0 Å². The summed E-state index contributed by atoms with van der Waals surface area (Å²) in [5.74, 6) is 0.167. The third-order valence-corrected chi connectivity index (χ3v) is 7.34. The van der Waals surface area contributed by atoms with Gasteiger partial charge in [-0.05, 0) is 61.4 Å². The van der Waals surface area contributed by atoms with Crippen molar-refractivity contribution < 1.29 is 22.7 Å². The van der Waals surface area contributed by atoms with Crippen molar-refractivity contribution in [3.05, 3.63) is 84.4 Å². The number of nitrogens with zero attached hydrogens (tertiary/aromatic N) is 2. The molecule has 4 rings (SSSR count). The van der Waals surface area contributed by atoms with Crippen LogP contribution in [0.1, 0.15) is 23.2 Å². The number of nitrogens with one attached hydrogen (secondary N) is 2. The molecule has 2 N–H and O–H groups in total. The Kier molecular flexibility index (Phi) is 8.05. The lowest BCUT2D eigenvalue weighted by Crippen LogP contribution is -2.44. The molecule has 3 aromatic rings. The van der Waals surface area contributed by atoms with Gasteiger partial charge in [0.15, 0.2) is 5.75 Å². The number of rotatable bonds is 8. The number of carbonyl (C=O) groups excluding carboxylic acids is 2. The van der Waals surface area contributed by atoms with Gasteiger partial charge in [0.05, 0.1) is 23.2 Å². The zero-order valence-corrected chi connectivity index (χ0v) is 20.8. The second-order valence-electron chi connectivity index (χ2n) is 8.51. The van der Waals surface area contributed by atoms with Gasteiger partial charge in [-0.15, -0.1) is 0 Å². The summed E-state index contributed by atoms with van der Waals surface area (Å²) in [5.41, 5.74) is 0.494. The summed E-state index contributed by atoms with van der Waals surface area (Å²) in [4.78, 5) is 26.5. The molecule has 0 radical (unpaired) electrons. The SMILES string of the molecule is N#CC1CCN(C(=O)CNC(=O)c2ccc(S(=O)(=O)Nc3ccccc3Oc3ccccc3)cc2)CC1. The van der Waals surface area contributed by atoms with Crippen LogP contribution in [0.5, 0.6) is 11.5 Å². The molecule has 0 aromatic heterocycles. The summed E-state index contributed by atoms with van der Waals surface area (Å²) in [6.45, 7) is 0.813. The quantitative estimate of drug-likeness (QED) is 0.467. The molecule has 0 bridgehead atoms. The maximum Gasteiger partial charge on any atom is 0.262 e. The first-order valence-corrected chi connectivity index (χ1v) is 13.2. The molecule has 9 nitrogen and oxygen atoms in total. The Morgan fingerprint density at radius 3 is 2.27 bits per heavy atom. The minimum Gasteiger partial charge on any atom is -0.455 e. The zero-order chi connectivity index (χ0) is 26.3. The first kappa shape index (κ1) is 25.7. The predicted octanol–water partition coefficient (Wildman–Crippen LogP) is 3.77. The van der Waals surface area contributed by atoms with E-state index in [1.165, 1.54) is 24.3 Å². The number of hydrogen-bond acceptors (Lipinski definition) is 6. The summed E-state index contributed by atoms with van der Waals surface area (Å²) in [6.07, 6.45) is 1.26. The van der Waals surface area contributed by atoms with Crippen molar-refractivity contribution in [1.29, 1.82) is 5.26 Å². The smallest absolute Gasteiger partial charge is 0.262 e. The molecular formula is C27H26N4O5S. The number of ether oxygens (including phenoxy) is 1. The number of hydrogen-bond donors (Lipinski definition) is 2. The molecule has 1 heterocycles. The highest BCUT2D eigenvalue weighted by atomic mass is 32.2. The van der Waals surface area contributed by atoms with Crippen LogP contribution >= 0.6 is 0 Å². The third-order valence-electron chi connectivity index (χ3n) is 5.96. The van der Waals surface area contributed by atoms with Crippen LogP contribution in [-0.2, 0) is 14.8 Å². The van der Waals surface area contributed by atoms with Crippen LogP contribution in [0.25, 0.3) is 0 Å². The molecule has 37 heavy (non-hydrogen) atoms. The molecule has 0 atom stereocenters. The Bertz CT molecular complexity index is 1390. The van der Waals surface area contributed by atoms with Crippen LogP contribution in [0.15, 0.2) is 83.8 Å². The summed E-state index contributed by atoms with van der Waals surface area (Å²) in [6, 6.07) is 23.3. The second-order valence-corrected chi connectivity index (χ2v) is 10.2. The number of carbonyl (C=O) groups is 2. The van der Waals surface area contributed by atoms with Gasteiger partial charge in [0.25, 0.3) is 15.9 Å². The Morgan fingerprint density at radius 1 is 0.946 bits per heavy atom. The number of benzene rings is 3. The highest BCUT2D eigenvalue weighted by Gasteiger charge is 2.23. The number of sulfonamides is 1. The van der Waals surface area contributed by atoms with Crippen LogP contribution < -0.4 is 14.8 Å². The molecule has 3 aromatic carbocycles. The average Bonchev–Trinajstić information content (AvgIpc) is 2.93. The molecule has 1 fully saturated rings. The molecule has 190 valence electrons. The molecule has 10 heteroatoms. The highest BCUT2D eigenvalue weighted by molar-refractivity contribution is 7.92. The Morgan fingerprint density at radius 2 is 1.59 bits per heavy atom. The summed E-state index contributed by atoms with van der Waals surface area (Å²) in [5, 5.41) is 11.5. The standard InChI is InChI=1S/C27H26N4O5S/c28-18-20-14-16-31(17-15-20)26(32)19-29-27(33)21-10-12-23(13-11-21)37(34,35)30-24-8-4-5-9-25(24)36-22-6-2-1-3-7-22/h1-13,20,30H,14-17,19H2,(H,29,33). The first-order chi connectivity index (χ1) is 17.9. The Balaban J connectivity index is 1.36. The Hall–Kier alpha value is -4.36. The van der Waals surface area contributed by atoms with Crippen LogP contribution in [-0.4, -0.2) is 44.8 Å². The van der Waals surface area contributed by atoms with E-state index in [0.717, 1.165) is 0 Å². The van der Waals surface area contributed by atoms with Crippen molar-refractivity contribution in [1.82, 2.24) is 10.2 Å².